The summed E-state index contributed by atoms with van der Waals surface area (Å²) in [5.41, 5.74) is -1.19. The molecule has 1 heterocycles. The minimum Gasteiger partial charge on any atom is -0.465 e. The molecular weight excluding hydrogens is 365 g/mol. The molecule has 0 radical (unpaired) electrons. The van der Waals surface area contributed by atoms with Crippen molar-refractivity contribution in [3.8, 4) is 0 Å². The summed E-state index contributed by atoms with van der Waals surface area (Å²) in [7, 11) is 1.11. The molecule has 0 aliphatic carbocycles. The first-order valence-corrected chi connectivity index (χ1v) is 8.36. The van der Waals surface area contributed by atoms with Gasteiger partial charge in [0.15, 0.2) is 0 Å². The van der Waals surface area contributed by atoms with Crippen LogP contribution in [0.2, 0.25) is 0 Å². The highest BCUT2D eigenvalue weighted by molar-refractivity contribution is 5.93. The summed E-state index contributed by atoms with van der Waals surface area (Å²) in [5, 5.41) is 2.97. The lowest BCUT2D eigenvalue weighted by Gasteiger charge is -2.40. The molecule has 27 heavy (non-hydrogen) atoms. The van der Waals surface area contributed by atoms with E-state index in [0.717, 1.165) is 19.2 Å². The molecule has 1 fully saturated rings. The van der Waals surface area contributed by atoms with E-state index in [2.05, 4.69) is 10.1 Å². The third kappa shape index (κ3) is 5.05. The average molecular weight is 388 g/mol. The Hall–Kier alpha value is -2.45. The number of carbonyl (C=O) groups excluding carboxylic acids is 2. The molecule has 0 aromatic heterocycles. The number of likely N-dealkylation sites (tertiary alicyclic amines) is 1. The van der Waals surface area contributed by atoms with Crippen LogP contribution >= 0.6 is 0 Å². The van der Waals surface area contributed by atoms with Gasteiger partial charge in [0.25, 0.3) is 0 Å². The number of hydrogen-bond acceptors (Lipinski definition) is 5. The molecule has 1 aliphatic rings. The number of amides is 1. The molecule has 1 aromatic carbocycles. The van der Waals surface area contributed by atoms with Gasteiger partial charge in [-0.1, -0.05) is 0 Å². The van der Waals surface area contributed by atoms with Crippen molar-refractivity contribution in [2.45, 2.75) is 45.5 Å². The van der Waals surface area contributed by atoms with Crippen molar-refractivity contribution in [1.82, 2.24) is 4.90 Å². The molecule has 2 rings (SSSR count). The van der Waals surface area contributed by atoms with Crippen molar-refractivity contribution in [2.24, 2.45) is 0 Å². The maximum absolute atomic E-state index is 13.2. The molecule has 150 valence electrons. The Labute approximate surface area is 155 Å². The molecule has 0 atom stereocenters. The summed E-state index contributed by atoms with van der Waals surface area (Å²) in [6, 6.07) is 1.49. The summed E-state index contributed by atoms with van der Waals surface area (Å²) in [4.78, 5) is 25.2. The van der Waals surface area contributed by atoms with Crippen molar-refractivity contribution < 1.29 is 32.2 Å². The molecule has 6 nitrogen and oxygen atoms in total. The fourth-order valence-corrected chi connectivity index (χ4v) is 2.62. The Bertz CT molecular complexity index is 735. The molecule has 1 aliphatic heterocycles. The zero-order valence-corrected chi connectivity index (χ0v) is 15.9. The summed E-state index contributed by atoms with van der Waals surface area (Å²) >= 11 is 0. The van der Waals surface area contributed by atoms with Crippen molar-refractivity contribution in [1.29, 1.82) is 0 Å². The average Bonchev–Trinajstić information content (AvgIpc) is 2.47. The molecule has 9 heteroatoms. The maximum Gasteiger partial charge on any atom is 0.416 e. The SMILES string of the molecule is COC(=O)c1cc(C(F)(F)F)cc(NC2CN(C(=O)OC(C)(C)C)C2)c1C. The normalized spacial score (nSPS) is 15.2. The van der Waals surface area contributed by atoms with Gasteiger partial charge in [0.1, 0.15) is 5.60 Å². The van der Waals surface area contributed by atoms with E-state index in [0.29, 0.717) is 5.56 Å². The highest BCUT2D eigenvalue weighted by atomic mass is 19.4. The number of alkyl halides is 3. The highest BCUT2D eigenvalue weighted by Crippen LogP contribution is 2.35. The van der Waals surface area contributed by atoms with Crippen LogP contribution in [0.15, 0.2) is 12.1 Å². The van der Waals surface area contributed by atoms with Crippen molar-refractivity contribution in [3.63, 3.8) is 0 Å². The fourth-order valence-electron chi connectivity index (χ4n) is 2.62. The highest BCUT2D eigenvalue weighted by Gasteiger charge is 2.36. The lowest BCUT2D eigenvalue weighted by atomic mass is 10.0. The zero-order valence-electron chi connectivity index (χ0n) is 15.9. The van der Waals surface area contributed by atoms with Crippen molar-refractivity contribution in [3.05, 3.63) is 28.8 Å². The van der Waals surface area contributed by atoms with Gasteiger partial charge in [0, 0.05) is 18.8 Å². The van der Waals surface area contributed by atoms with Crippen LogP contribution in [-0.2, 0) is 15.7 Å². The van der Waals surface area contributed by atoms with E-state index in [4.69, 9.17) is 4.74 Å². The largest absolute Gasteiger partial charge is 0.465 e. The Kier molecular flexibility index (Phi) is 5.63. The molecular formula is C18H23F3N2O4. The smallest absolute Gasteiger partial charge is 0.416 e. The van der Waals surface area contributed by atoms with Crippen LogP contribution in [0.4, 0.5) is 23.7 Å². The number of hydrogen-bond donors (Lipinski definition) is 1. The number of ether oxygens (including phenoxy) is 2. The van der Waals surface area contributed by atoms with Crippen LogP contribution in [0.25, 0.3) is 0 Å². The van der Waals surface area contributed by atoms with E-state index in [1.165, 1.54) is 4.90 Å². The van der Waals surface area contributed by atoms with Gasteiger partial charge in [0.2, 0.25) is 0 Å². The summed E-state index contributed by atoms with van der Waals surface area (Å²) in [6.07, 6.45) is -5.08. The molecule has 0 spiro atoms. The molecule has 0 unspecified atom stereocenters. The Morgan fingerprint density at radius 2 is 1.78 bits per heavy atom. The molecule has 0 saturated carbocycles. The molecule has 1 amide bonds. The van der Waals surface area contributed by atoms with Gasteiger partial charge in [-0.2, -0.15) is 13.2 Å². The molecule has 1 saturated heterocycles. The number of anilines is 1. The van der Waals surface area contributed by atoms with E-state index >= 15 is 0 Å². The van der Waals surface area contributed by atoms with Gasteiger partial charge in [-0.05, 0) is 45.4 Å². The minimum absolute atomic E-state index is 0.154. The zero-order chi connectivity index (χ0) is 20.6. The number of halogens is 3. The van der Waals surface area contributed by atoms with Crippen LogP contribution in [-0.4, -0.2) is 48.8 Å². The predicted octanol–water partition coefficient (Wildman–Crippen LogP) is 3.83. The third-order valence-corrected chi connectivity index (χ3v) is 4.03. The molecule has 0 bridgehead atoms. The number of nitrogens with one attached hydrogen (secondary N) is 1. The predicted molar refractivity (Wildman–Crippen MR) is 92.7 cm³/mol. The number of rotatable bonds is 3. The first kappa shape index (κ1) is 20.9. The monoisotopic (exact) mass is 388 g/mol. The van der Waals surface area contributed by atoms with Crippen LogP contribution in [0, 0.1) is 6.92 Å². The van der Waals surface area contributed by atoms with E-state index in [1.54, 1.807) is 27.7 Å². The quantitative estimate of drug-likeness (QED) is 0.797. The van der Waals surface area contributed by atoms with Gasteiger partial charge in [-0.25, -0.2) is 9.59 Å². The second-order valence-electron chi connectivity index (χ2n) is 7.41. The van der Waals surface area contributed by atoms with E-state index < -0.39 is 29.4 Å². The van der Waals surface area contributed by atoms with Gasteiger partial charge >= 0.3 is 18.2 Å². The first-order chi connectivity index (χ1) is 12.3. The van der Waals surface area contributed by atoms with Gasteiger partial charge in [0.05, 0.1) is 24.3 Å². The number of carbonyl (C=O) groups is 2. The van der Waals surface area contributed by atoms with Gasteiger partial charge < -0.3 is 19.7 Å². The number of esters is 1. The summed E-state index contributed by atoms with van der Waals surface area (Å²) in [6.45, 7) is 7.37. The number of nitrogens with zero attached hydrogens (tertiary/aromatic N) is 1. The summed E-state index contributed by atoms with van der Waals surface area (Å²) < 4.78 is 49.3. The van der Waals surface area contributed by atoms with Gasteiger partial charge in [-0.15, -0.1) is 0 Å². The molecule has 1 N–H and O–H groups in total. The molecule has 1 aromatic rings. The Morgan fingerprint density at radius 1 is 1.19 bits per heavy atom. The Morgan fingerprint density at radius 3 is 2.26 bits per heavy atom. The second-order valence-corrected chi connectivity index (χ2v) is 7.41. The second kappa shape index (κ2) is 7.28. The Balaban J connectivity index is 2.15. The van der Waals surface area contributed by atoms with Crippen molar-refractivity contribution in [2.75, 3.05) is 25.5 Å². The van der Waals surface area contributed by atoms with E-state index in [1.807, 2.05) is 0 Å². The van der Waals surface area contributed by atoms with Crippen LogP contribution < -0.4 is 5.32 Å². The first-order valence-electron chi connectivity index (χ1n) is 8.36. The summed E-state index contributed by atoms with van der Waals surface area (Å²) in [5.74, 6) is -0.842. The van der Waals surface area contributed by atoms with Crippen LogP contribution in [0.5, 0.6) is 0 Å². The maximum atomic E-state index is 13.2. The van der Waals surface area contributed by atoms with E-state index in [-0.39, 0.29) is 30.4 Å². The lowest BCUT2D eigenvalue weighted by Crippen LogP contribution is -2.58. The minimum atomic E-state index is -4.60. The fraction of sp³-hybridized carbons (Fsp3) is 0.556. The standard InChI is InChI=1S/C18H23F3N2O4/c1-10-13(15(24)26-5)6-11(18(19,20)21)7-14(10)22-12-8-23(9-12)16(25)27-17(2,3)4/h6-7,12,22H,8-9H2,1-5H3. The lowest BCUT2D eigenvalue weighted by molar-refractivity contribution is -0.137. The van der Waals surface area contributed by atoms with Crippen LogP contribution in [0.1, 0.15) is 42.3 Å². The topological polar surface area (TPSA) is 67.9 Å². The van der Waals surface area contributed by atoms with Crippen molar-refractivity contribution >= 4 is 17.7 Å². The van der Waals surface area contributed by atoms with Gasteiger partial charge in [-0.3, -0.25) is 0 Å². The third-order valence-electron chi connectivity index (χ3n) is 4.03. The van der Waals surface area contributed by atoms with Crippen LogP contribution in [0.3, 0.4) is 0 Å². The van der Waals surface area contributed by atoms with E-state index in [9.17, 15) is 22.8 Å². The number of benzene rings is 1. The number of methoxy groups -OCH3 is 1.